The first-order valence-corrected chi connectivity index (χ1v) is 21.9. The highest BCUT2D eigenvalue weighted by Crippen LogP contribution is 2.50. The summed E-state index contributed by atoms with van der Waals surface area (Å²) in [4.78, 5) is 0. The van der Waals surface area contributed by atoms with E-state index in [0.29, 0.717) is 0 Å². The second-order valence-corrected chi connectivity index (χ2v) is 16.8. The fourth-order valence-corrected chi connectivity index (χ4v) is 10.6. The van der Waals surface area contributed by atoms with E-state index in [1.807, 2.05) is 0 Å². The largest absolute Gasteiger partial charge is 0.309 e. The van der Waals surface area contributed by atoms with Gasteiger partial charge in [0.05, 0.1) is 22.1 Å². The number of benzene rings is 10. The summed E-state index contributed by atoms with van der Waals surface area (Å²) in [5.41, 5.74) is 21.1. The van der Waals surface area contributed by atoms with E-state index in [0.717, 1.165) is 11.4 Å². The van der Waals surface area contributed by atoms with E-state index < -0.39 is 0 Å². The fraction of sp³-hybridized carbons (Fsp3) is 0.0164. The monoisotopic (exact) mass is 800 g/mol. The Labute approximate surface area is 366 Å². The van der Waals surface area contributed by atoms with E-state index in [1.165, 1.54) is 105 Å². The normalized spacial score (nSPS) is 13.2. The zero-order valence-electron chi connectivity index (χ0n) is 34.5. The summed E-state index contributed by atoms with van der Waals surface area (Å²) >= 11 is 0. The fourth-order valence-electron chi connectivity index (χ4n) is 10.6. The Bertz CT molecular complexity index is 3710. The lowest BCUT2D eigenvalue weighted by atomic mass is 9.88. The summed E-state index contributed by atoms with van der Waals surface area (Å²) in [6, 6.07) is 87.2. The van der Waals surface area contributed by atoms with E-state index in [9.17, 15) is 0 Å². The lowest BCUT2D eigenvalue weighted by molar-refractivity contribution is 1.02. The molecular formula is C61H40N2. The first-order valence-electron chi connectivity index (χ1n) is 21.9. The summed E-state index contributed by atoms with van der Waals surface area (Å²) < 4.78 is 4.95. The molecule has 2 heterocycles. The minimum Gasteiger partial charge on any atom is -0.309 e. The number of rotatable bonds is 6. The lowest BCUT2D eigenvalue weighted by Gasteiger charge is -2.15. The van der Waals surface area contributed by atoms with Gasteiger partial charge in [0.25, 0.3) is 0 Å². The van der Waals surface area contributed by atoms with Crippen molar-refractivity contribution in [1.82, 2.24) is 9.13 Å². The van der Waals surface area contributed by atoms with Gasteiger partial charge in [-0.2, -0.15) is 0 Å². The van der Waals surface area contributed by atoms with Gasteiger partial charge in [-0.05, 0) is 116 Å². The van der Waals surface area contributed by atoms with E-state index in [1.54, 1.807) is 0 Å². The van der Waals surface area contributed by atoms with E-state index in [-0.39, 0.29) is 5.92 Å². The van der Waals surface area contributed by atoms with Crippen LogP contribution in [0.15, 0.2) is 237 Å². The Morgan fingerprint density at radius 3 is 1.65 bits per heavy atom. The van der Waals surface area contributed by atoms with Gasteiger partial charge in [0.2, 0.25) is 0 Å². The van der Waals surface area contributed by atoms with Gasteiger partial charge < -0.3 is 9.13 Å². The van der Waals surface area contributed by atoms with Gasteiger partial charge in [0.15, 0.2) is 0 Å². The van der Waals surface area contributed by atoms with Gasteiger partial charge in [0.1, 0.15) is 0 Å². The van der Waals surface area contributed by atoms with Crippen molar-refractivity contribution in [2.75, 3.05) is 0 Å². The number of hydrogen-bond acceptors (Lipinski definition) is 0. The molecule has 0 bridgehead atoms. The Morgan fingerprint density at radius 1 is 0.286 bits per heavy atom. The molecule has 0 radical (unpaired) electrons. The average Bonchev–Trinajstić information content (AvgIpc) is 4.00. The summed E-state index contributed by atoms with van der Waals surface area (Å²) in [7, 11) is 0. The summed E-state index contributed by atoms with van der Waals surface area (Å²) in [6.07, 6.45) is 0. The highest BCUT2D eigenvalue weighted by molar-refractivity contribution is 6.26. The van der Waals surface area contributed by atoms with Gasteiger partial charge in [0, 0.05) is 38.8 Å². The predicted octanol–water partition coefficient (Wildman–Crippen LogP) is 16.0. The molecule has 0 saturated carbocycles. The van der Waals surface area contributed by atoms with Crippen LogP contribution < -0.4 is 0 Å². The molecule has 12 aromatic rings. The molecule has 1 aliphatic rings. The number of aromatic nitrogens is 2. The molecule has 2 nitrogen and oxygen atoms in total. The highest BCUT2D eigenvalue weighted by Gasteiger charge is 2.30. The number of para-hydroxylation sites is 2. The Hall–Kier alpha value is -8.20. The van der Waals surface area contributed by atoms with Crippen LogP contribution in [0.3, 0.4) is 0 Å². The molecule has 1 aliphatic carbocycles. The average molecular weight is 801 g/mol. The summed E-state index contributed by atoms with van der Waals surface area (Å²) in [5.74, 6) is 0.176. The van der Waals surface area contributed by atoms with Crippen molar-refractivity contribution in [3.63, 3.8) is 0 Å². The van der Waals surface area contributed by atoms with Crippen LogP contribution in [0, 0.1) is 0 Å². The molecule has 0 N–H and O–H groups in total. The first-order chi connectivity index (χ1) is 31.3. The predicted molar refractivity (Wildman–Crippen MR) is 264 cm³/mol. The quantitative estimate of drug-likeness (QED) is 0.159. The number of nitrogens with zero attached hydrogens (tertiary/aromatic N) is 2. The van der Waals surface area contributed by atoms with Crippen LogP contribution in [-0.2, 0) is 0 Å². The van der Waals surface area contributed by atoms with Crippen LogP contribution in [0.4, 0.5) is 0 Å². The second-order valence-electron chi connectivity index (χ2n) is 16.8. The van der Waals surface area contributed by atoms with E-state index >= 15 is 0 Å². The topological polar surface area (TPSA) is 9.86 Å². The van der Waals surface area contributed by atoms with Crippen molar-refractivity contribution in [2.45, 2.75) is 5.92 Å². The van der Waals surface area contributed by atoms with Crippen molar-refractivity contribution in [3.8, 4) is 55.9 Å². The second kappa shape index (κ2) is 14.2. The molecule has 2 aromatic heterocycles. The molecule has 2 heteroatoms. The van der Waals surface area contributed by atoms with Gasteiger partial charge in [-0.1, -0.05) is 182 Å². The molecule has 1 atom stereocenters. The molecular weight excluding hydrogens is 761 g/mol. The third-order valence-corrected chi connectivity index (χ3v) is 13.4. The van der Waals surface area contributed by atoms with Gasteiger partial charge in [-0.15, -0.1) is 0 Å². The van der Waals surface area contributed by atoms with Crippen molar-refractivity contribution < 1.29 is 0 Å². The minimum absolute atomic E-state index is 0.176. The Morgan fingerprint density at radius 2 is 0.841 bits per heavy atom. The maximum absolute atomic E-state index is 2.47. The van der Waals surface area contributed by atoms with Gasteiger partial charge in [-0.3, -0.25) is 0 Å². The van der Waals surface area contributed by atoms with Crippen LogP contribution in [-0.4, -0.2) is 9.13 Å². The Kier molecular flexibility index (Phi) is 8.01. The lowest BCUT2D eigenvalue weighted by Crippen LogP contribution is -1.99. The molecule has 0 amide bonds. The number of fused-ring (bicyclic) bond motifs is 10. The third kappa shape index (κ3) is 5.58. The highest BCUT2D eigenvalue weighted by atomic mass is 15.0. The molecule has 0 fully saturated rings. The van der Waals surface area contributed by atoms with Gasteiger partial charge in [-0.25, -0.2) is 0 Å². The van der Waals surface area contributed by atoms with Crippen LogP contribution >= 0.6 is 0 Å². The van der Waals surface area contributed by atoms with Crippen molar-refractivity contribution in [3.05, 3.63) is 253 Å². The molecule has 63 heavy (non-hydrogen) atoms. The van der Waals surface area contributed by atoms with Crippen LogP contribution in [0.2, 0.25) is 0 Å². The van der Waals surface area contributed by atoms with Crippen LogP contribution in [0.1, 0.15) is 22.6 Å². The SMILES string of the molecule is c1ccc(-c2ccc(C3c4ccccc4-c4cc(-c5ccc6c(c5)c5c(ccc7c8ccccc8n(-c8ccccc8)c75)n6-c5cccc(-c6ccccc6)c5)ccc43)cc2)cc1. The molecule has 0 aliphatic heterocycles. The van der Waals surface area contributed by atoms with E-state index in [4.69, 9.17) is 0 Å². The summed E-state index contributed by atoms with van der Waals surface area (Å²) in [5, 5.41) is 4.99. The van der Waals surface area contributed by atoms with Crippen molar-refractivity contribution in [2.24, 2.45) is 0 Å². The smallest absolute Gasteiger partial charge is 0.0641 e. The molecule has 13 rings (SSSR count). The summed E-state index contributed by atoms with van der Waals surface area (Å²) in [6.45, 7) is 0. The maximum atomic E-state index is 2.47. The van der Waals surface area contributed by atoms with Crippen molar-refractivity contribution in [1.29, 1.82) is 0 Å². The third-order valence-electron chi connectivity index (χ3n) is 13.4. The first kappa shape index (κ1) is 35.5. The molecule has 10 aromatic carbocycles. The zero-order chi connectivity index (χ0) is 41.4. The standard InChI is InChI=1S/C61H40N2/c1-4-15-40(16-5-1)42-27-29-43(30-28-42)59-51-25-11-10-23-49(51)54-38-45(31-33-52(54)59)46-32-35-57-55(39-46)60-58(62(57)48-22-14-19-44(37-48)41-17-6-2-7-18-41)36-34-53-50-24-12-13-26-56(50)63(61(53)60)47-20-8-3-9-21-47/h1-39,59H. The molecule has 0 spiro atoms. The van der Waals surface area contributed by atoms with Gasteiger partial charge >= 0.3 is 0 Å². The minimum atomic E-state index is 0.176. The molecule has 0 saturated heterocycles. The zero-order valence-corrected chi connectivity index (χ0v) is 34.5. The van der Waals surface area contributed by atoms with Crippen molar-refractivity contribution >= 4 is 43.6 Å². The Balaban J connectivity index is 1.03. The maximum Gasteiger partial charge on any atom is 0.0641 e. The van der Waals surface area contributed by atoms with E-state index in [2.05, 4.69) is 246 Å². The van der Waals surface area contributed by atoms with Crippen LogP contribution in [0.5, 0.6) is 0 Å². The number of hydrogen-bond donors (Lipinski definition) is 0. The molecule has 1 unspecified atom stereocenters. The molecule has 294 valence electrons. The van der Waals surface area contributed by atoms with Crippen LogP contribution in [0.25, 0.3) is 99.5 Å².